The first-order chi connectivity index (χ1) is 21.2. The van der Waals surface area contributed by atoms with Crippen LogP contribution in [0.15, 0.2) is 103 Å². The topological polar surface area (TPSA) is 82.7 Å². The molecule has 2 amide bonds. The number of rotatable bonds is 9. The molecule has 1 heterocycles. The van der Waals surface area contributed by atoms with Crippen molar-refractivity contribution in [2.45, 2.75) is 39.3 Å². The second kappa shape index (κ2) is 13.0. The summed E-state index contributed by atoms with van der Waals surface area (Å²) in [6.45, 7) is 5.56. The molecule has 5 rings (SSSR count). The zero-order valence-corrected chi connectivity index (χ0v) is 25.7. The number of para-hydroxylation sites is 1. The number of methoxy groups -OCH3 is 1. The van der Waals surface area contributed by atoms with Crippen LogP contribution in [0.1, 0.15) is 34.0 Å². The number of hydrogen-bond donors (Lipinski definition) is 1. The molecule has 4 aromatic carbocycles. The van der Waals surface area contributed by atoms with E-state index in [2.05, 4.69) is 4.98 Å². The van der Waals surface area contributed by atoms with E-state index in [1.165, 1.54) is 16.9 Å². The van der Waals surface area contributed by atoms with Gasteiger partial charge in [0.1, 0.15) is 12.1 Å². The molecule has 0 aliphatic rings. The maximum Gasteiger partial charge on any atom is 0.329 e. The van der Waals surface area contributed by atoms with Crippen molar-refractivity contribution in [2.24, 2.45) is 0 Å². The van der Waals surface area contributed by atoms with E-state index in [-0.39, 0.29) is 12.3 Å². The number of anilines is 1. The number of nitrogens with zero attached hydrogens (tertiary/aromatic N) is 2. The summed E-state index contributed by atoms with van der Waals surface area (Å²) in [6, 6.07) is 29.1. The van der Waals surface area contributed by atoms with Gasteiger partial charge in [-0.3, -0.25) is 14.5 Å². The fraction of sp³-hybridized carbons (Fsp3) is 0.216. The highest BCUT2D eigenvalue weighted by atomic mass is 16.5. The van der Waals surface area contributed by atoms with Crippen molar-refractivity contribution < 1.29 is 19.1 Å². The Morgan fingerprint density at radius 2 is 1.43 bits per heavy atom. The van der Waals surface area contributed by atoms with Gasteiger partial charge >= 0.3 is 5.97 Å². The largest absolute Gasteiger partial charge is 0.467 e. The highest BCUT2D eigenvalue weighted by Gasteiger charge is 2.37. The van der Waals surface area contributed by atoms with Gasteiger partial charge in [0.15, 0.2) is 0 Å². The lowest BCUT2D eigenvalue weighted by Crippen LogP contribution is -2.54. The smallest absolute Gasteiger partial charge is 0.329 e. The van der Waals surface area contributed by atoms with E-state index in [9.17, 15) is 14.4 Å². The van der Waals surface area contributed by atoms with Crippen molar-refractivity contribution in [3.8, 4) is 11.1 Å². The number of aromatic amines is 1. The van der Waals surface area contributed by atoms with Gasteiger partial charge in [-0.1, -0.05) is 77.9 Å². The van der Waals surface area contributed by atoms with E-state index in [0.29, 0.717) is 11.3 Å². The maximum atomic E-state index is 14.5. The average Bonchev–Trinajstić information content (AvgIpc) is 3.45. The number of ether oxygens (including phenoxy) is 1. The normalized spacial score (nSPS) is 12.4. The molecule has 2 atom stereocenters. The summed E-state index contributed by atoms with van der Waals surface area (Å²) < 4.78 is 5.28. The molecule has 0 unspecified atom stereocenters. The van der Waals surface area contributed by atoms with Crippen molar-refractivity contribution >= 4 is 34.4 Å². The number of likely N-dealkylation sites (N-methyl/N-ethyl adjacent to an activating group) is 1. The number of esters is 1. The van der Waals surface area contributed by atoms with Gasteiger partial charge in [0.05, 0.1) is 7.11 Å². The molecule has 7 heteroatoms. The fourth-order valence-corrected chi connectivity index (χ4v) is 5.68. The van der Waals surface area contributed by atoms with E-state index in [0.717, 1.165) is 38.7 Å². The van der Waals surface area contributed by atoms with E-state index in [1.807, 2.05) is 117 Å². The van der Waals surface area contributed by atoms with Crippen LogP contribution in [0, 0.1) is 13.8 Å². The molecular weight excluding hydrogens is 550 g/mol. The Hall–Kier alpha value is -5.17. The quantitative estimate of drug-likeness (QED) is 0.194. The van der Waals surface area contributed by atoms with Crippen LogP contribution in [0.3, 0.4) is 0 Å². The van der Waals surface area contributed by atoms with Crippen LogP contribution in [0.4, 0.5) is 5.69 Å². The van der Waals surface area contributed by atoms with Crippen LogP contribution in [0.25, 0.3) is 22.0 Å². The summed E-state index contributed by atoms with van der Waals surface area (Å²) in [7, 11) is 2.94. The molecule has 0 spiro atoms. The molecule has 1 aromatic heterocycles. The van der Waals surface area contributed by atoms with E-state index in [1.54, 1.807) is 14.0 Å². The van der Waals surface area contributed by atoms with Crippen molar-refractivity contribution in [1.82, 2.24) is 9.88 Å². The van der Waals surface area contributed by atoms with Gasteiger partial charge in [0.2, 0.25) is 5.91 Å². The Morgan fingerprint density at radius 3 is 2.09 bits per heavy atom. The van der Waals surface area contributed by atoms with Gasteiger partial charge in [-0.25, -0.2) is 4.79 Å². The van der Waals surface area contributed by atoms with Crippen molar-refractivity contribution in [2.75, 3.05) is 19.1 Å². The summed E-state index contributed by atoms with van der Waals surface area (Å²) in [5, 5.41) is 0.961. The van der Waals surface area contributed by atoms with Gasteiger partial charge in [0.25, 0.3) is 5.91 Å². The molecule has 5 aromatic rings. The third-order valence-corrected chi connectivity index (χ3v) is 8.09. The van der Waals surface area contributed by atoms with Crippen LogP contribution in [-0.4, -0.2) is 53.9 Å². The van der Waals surface area contributed by atoms with E-state index >= 15 is 0 Å². The highest BCUT2D eigenvalue weighted by Crippen LogP contribution is 2.29. The molecule has 0 saturated heterocycles. The lowest BCUT2D eigenvalue weighted by atomic mass is 10.0. The minimum absolute atomic E-state index is 0.213. The van der Waals surface area contributed by atoms with Gasteiger partial charge in [-0.2, -0.15) is 0 Å². The number of amides is 2. The van der Waals surface area contributed by atoms with Crippen molar-refractivity contribution in [3.05, 3.63) is 126 Å². The lowest BCUT2D eigenvalue weighted by molar-refractivity contribution is -0.143. The van der Waals surface area contributed by atoms with Gasteiger partial charge in [-0.05, 0) is 67.8 Å². The van der Waals surface area contributed by atoms with Crippen molar-refractivity contribution in [3.63, 3.8) is 0 Å². The lowest BCUT2D eigenvalue weighted by Gasteiger charge is -2.35. The molecule has 0 bridgehead atoms. The van der Waals surface area contributed by atoms with Crippen LogP contribution in [-0.2, 0) is 20.7 Å². The van der Waals surface area contributed by atoms with Crippen LogP contribution < -0.4 is 4.90 Å². The standard InChI is InChI=1S/C37H37N3O4/c1-24-19-25(2)21-29(20-24)36(42)39(4)26(3)35(41)40(31-17-15-28(16-18-31)27-11-7-6-8-12-27)34(37(43)44-5)22-30-23-38-33-14-10-9-13-32(30)33/h6-21,23,26,34,38H,22H2,1-5H3/t26-,34-/m0/s1. The number of nitrogens with one attached hydrogen (secondary N) is 1. The summed E-state index contributed by atoms with van der Waals surface area (Å²) >= 11 is 0. The second-order valence-electron chi connectivity index (χ2n) is 11.2. The first-order valence-corrected chi connectivity index (χ1v) is 14.6. The Morgan fingerprint density at radius 1 is 0.818 bits per heavy atom. The Balaban J connectivity index is 1.55. The Labute approximate surface area is 258 Å². The third kappa shape index (κ3) is 6.27. The van der Waals surface area contributed by atoms with Gasteiger partial charge in [0, 0.05) is 41.8 Å². The molecule has 44 heavy (non-hydrogen) atoms. The Bertz CT molecular complexity index is 1770. The minimum atomic E-state index is -0.985. The number of carbonyl (C=O) groups is 3. The molecule has 0 radical (unpaired) electrons. The zero-order valence-electron chi connectivity index (χ0n) is 25.7. The van der Waals surface area contributed by atoms with E-state index < -0.39 is 24.0 Å². The number of fused-ring (bicyclic) bond motifs is 1. The third-order valence-electron chi connectivity index (χ3n) is 8.09. The number of aryl methyl sites for hydroxylation is 2. The van der Waals surface area contributed by atoms with Crippen molar-refractivity contribution in [1.29, 1.82) is 0 Å². The number of hydrogen-bond acceptors (Lipinski definition) is 4. The minimum Gasteiger partial charge on any atom is -0.467 e. The van der Waals surface area contributed by atoms with Crippen LogP contribution in [0.2, 0.25) is 0 Å². The summed E-state index contributed by atoms with van der Waals surface area (Å²) in [5.41, 5.74) is 6.78. The van der Waals surface area contributed by atoms with Gasteiger partial charge < -0.3 is 14.6 Å². The molecule has 0 aliphatic heterocycles. The first-order valence-electron chi connectivity index (χ1n) is 14.6. The maximum absolute atomic E-state index is 14.5. The summed E-state index contributed by atoms with van der Waals surface area (Å²) in [6.07, 6.45) is 2.07. The van der Waals surface area contributed by atoms with Gasteiger partial charge in [-0.15, -0.1) is 0 Å². The van der Waals surface area contributed by atoms with Crippen LogP contribution >= 0.6 is 0 Å². The molecular formula is C37H37N3O4. The Kier molecular flexibility index (Phi) is 8.95. The second-order valence-corrected chi connectivity index (χ2v) is 11.2. The predicted molar refractivity (Wildman–Crippen MR) is 175 cm³/mol. The highest BCUT2D eigenvalue weighted by molar-refractivity contribution is 6.05. The number of benzene rings is 4. The number of H-pyrrole nitrogens is 1. The zero-order chi connectivity index (χ0) is 31.4. The molecule has 0 aliphatic carbocycles. The number of carbonyl (C=O) groups excluding carboxylic acids is 3. The van der Waals surface area contributed by atoms with Crippen LogP contribution in [0.5, 0.6) is 0 Å². The monoisotopic (exact) mass is 587 g/mol. The predicted octanol–water partition coefficient (Wildman–Crippen LogP) is 6.73. The average molecular weight is 588 g/mol. The molecule has 1 N–H and O–H groups in total. The number of aromatic nitrogens is 1. The molecule has 0 saturated carbocycles. The summed E-state index contributed by atoms with van der Waals surface area (Å²) in [5.74, 6) is -1.22. The molecule has 7 nitrogen and oxygen atoms in total. The summed E-state index contributed by atoms with van der Waals surface area (Å²) in [4.78, 5) is 47.7. The fourth-order valence-electron chi connectivity index (χ4n) is 5.68. The molecule has 0 fully saturated rings. The first kappa shape index (κ1) is 30.3. The van der Waals surface area contributed by atoms with E-state index in [4.69, 9.17) is 4.74 Å². The SMILES string of the molecule is COC(=O)[C@H](Cc1c[nH]c2ccccc12)N(C(=O)[C@H](C)N(C)C(=O)c1cc(C)cc(C)c1)c1ccc(-c2ccccc2)cc1. The molecule has 224 valence electrons.